The first-order chi connectivity index (χ1) is 19.4. The Morgan fingerprint density at radius 3 is 2.37 bits per heavy atom. The molecule has 1 aromatic carbocycles. The van der Waals surface area contributed by atoms with Crippen LogP contribution in [0.3, 0.4) is 0 Å². The minimum absolute atomic E-state index is 0.00946. The lowest BCUT2D eigenvalue weighted by molar-refractivity contribution is -0.138. The highest BCUT2D eigenvalue weighted by Gasteiger charge is 2.49. The van der Waals surface area contributed by atoms with Crippen LogP contribution in [0.15, 0.2) is 35.7 Å². The van der Waals surface area contributed by atoms with E-state index in [2.05, 4.69) is 4.90 Å². The van der Waals surface area contributed by atoms with Crippen molar-refractivity contribution < 1.29 is 22.8 Å². The normalized spacial score (nSPS) is 17.8. The fraction of sp³-hybridized carbons (Fsp3) is 0.517. The molecule has 0 saturated carbocycles. The number of hydrogen-bond acceptors (Lipinski definition) is 6. The molecule has 0 bridgehead atoms. The highest BCUT2D eigenvalue weighted by Crippen LogP contribution is 2.38. The zero-order valence-corrected chi connectivity index (χ0v) is 24.9. The van der Waals surface area contributed by atoms with Gasteiger partial charge in [-0.25, -0.2) is 0 Å². The molecule has 2 aliphatic heterocycles. The monoisotopic (exact) mass is 605 g/mol. The summed E-state index contributed by atoms with van der Waals surface area (Å²) in [6.07, 6.45) is -0.515. The lowest BCUT2D eigenvalue weighted by atomic mass is 10.0. The number of hydrogen-bond donors (Lipinski definition) is 0. The minimum Gasteiger partial charge on any atom is -0.340 e. The number of thiophene rings is 1. The van der Waals surface area contributed by atoms with Crippen LogP contribution >= 0.6 is 23.6 Å². The van der Waals surface area contributed by atoms with Gasteiger partial charge < -0.3 is 9.80 Å². The Morgan fingerprint density at radius 1 is 1.07 bits per heavy atom. The maximum absolute atomic E-state index is 13.5. The van der Waals surface area contributed by atoms with Crippen molar-refractivity contribution in [2.75, 3.05) is 44.2 Å². The number of amides is 2. The second-order valence-electron chi connectivity index (χ2n) is 10.9. The number of thiocarbonyl (C=S) groups is 1. The highest BCUT2D eigenvalue weighted by atomic mass is 32.1. The lowest BCUT2D eigenvalue weighted by Crippen LogP contribution is -2.49. The van der Waals surface area contributed by atoms with Gasteiger partial charge in [-0.05, 0) is 75.1 Å². The maximum Gasteiger partial charge on any atom is 0.417 e. The second-order valence-corrected chi connectivity index (χ2v) is 12.3. The lowest BCUT2D eigenvalue weighted by Gasteiger charge is -2.34. The number of nitriles is 1. The van der Waals surface area contributed by atoms with Crippen molar-refractivity contribution in [3.63, 3.8) is 0 Å². The van der Waals surface area contributed by atoms with E-state index in [1.807, 2.05) is 22.4 Å². The number of alkyl halides is 3. The third kappa shape index (κ3) is 7.08. The van der Waals surface area contributed by atoms with Crippen LogP contribution in [0.25, 0.3) is 0 Å². The van der Waals surface area contributed by atoms with E-state index in [9.17, 15) is 22.8 Å². The number of nitrogens with zero attached hydrogens (tertiary/aromatic N) is 5. The number of halogens is 3. The zero-order valence-electron chi connectivity index (χ0n) is 23.2. The molecule has 2 aromatic rings. The van der Waals surface area contributed by atoms with Crippen molar-refractivity contribution in [2.24, 2.45) is 0 Å². The van der Waals surface area contributed by atoms with Gasteiger partial charge in [0.2, 0.25) is 5.91 Å². The number of piperazine rings is 1. The van der Waals surface area contributed by atoms with Gasteiger partial charge in [-0.3, -0.25) is 19.4 Å². The van der Waals surface area contributed by atoms with Crippen LogP contribution in [-0.2, 0) is 22.2 Å². The van der Waals surface area contributed by atoms with Gasteiger partial charge in [-0.2, -0.15) is 18.4 Å². The van der Waals surface area contributed by atoms with Gasteiger partial charge in [-0.1, -0.05) is 18.9 Å². The van der Waals surface area contributed by atoms with Gasteiger partial charge in [0.25, 0.3) is 5.91 Å². The van der Waals surface area contributed by atoms with Crippen molar-refractivity contribution in [2.45, 2.75) is 57.7 Å². The number of anilines is 1. The summed E-state index contributed by atoms with van der Waals surface area (Å²) < 4.78 is 40.5. The van der Waals surface area contributed by atoms with E-state index in [0.29, 0.717) is 13.0 Å². The van der Waals surface area contributed by atoms with Gasteiger partial charge in [0.1, 0.15) is 5.54 Å². The first kappa shape index (κ1) is 30.9. The van der Waals surface area contributed by atoms with Crippen LogP contribution in [0.2, 0.25) is 0 Å². The molecule has 0 radical (unpaired) electrons. The molecule has 220 valence electrons. The van der Waals surface area contributed by atoms with E-state index in [4.69, 9.17) is 17.5 Å². The standard InChI is InChI=1S/C29H34F3N5O2S2/c1-28(2)26(39)37(22-10-9-21(20-33)24(18-22)29(30,31)32)27(40)36(28)12-6-4-3-5-11-34-13-15-35(16-14-34)25(38)19-23-8-7-17-41-23/h7-10,17-18H,3-6,11-16,19H2,1-2H3. The molecule has 2 amide bonds. The van der Waals surface area contributed by atoms with E-state index in [1.165, 1.54) is 6.07 Å². The Kier molecular flexibility index (Phi) is 9.72. The average molecular weight is 606 g/mol. The number of rotatable bonds is 10. The molecule has 3 heterocycles. The van der Waals surface area contributed by atoms with E-state index in [-0.39, 0.29) is 16.7 Å². The number of unbranched alkanes of at least 4 members (excludes halogenated alkanes) is 3. The first-order valence-electron chi connectivity index (χ1n) is 13.7. The van der Waals surface area contributed by atoms with Crippen molar-refractivity contribution in [3.8, 4) is 6.07 Å². The van der Waals surface area contributed by atoms with Crippen LogP contribution in [0, 0.1) is 11.3 Å². The van der Waals surface area contributed by atoms with Crippen molar-refractivity contribution in [1.29, 1.82) is 5.26 Å². The van der Waals surface area contributed by atoms with Gasteiger partial charge in [0.05, 0.1) is 29.3 Å². The van der Waals surface area contributed by atoms with Crippen LogP contribution in [-0.4, -0.2) is 76.4 Å². The third-order valence-electron chi connectivity index (χ3n) is 7.75. The number of carbonyl (C=O) groups is 2. The summed E-state index contributed by atoms with van der Waals surface area (Å²) in [6, 6.07) is 8.75. The molecular formula is C29H34F3N5O2S2. The molecule has 2 aliphatic rings. The Hall–Kier alpha value is -3.01. The van der Waals surface area contributed by atoms with Crippen LogP contribution < -0.4 is 4.90 Å². The van der Waals surface area contributed by atoms with Crippen LogP contribution in [0.5, 0.6) is 0 Å². The van der Waals surface area contributed by atoms with E-state index >= 15 is 0 Å². The summed E-state index contributed by atoms with van der Waals surface area (Å²) in [6.45, 7) is 8.17. The highest BCUT2D eigenvalue weighted by molar-refractivity contribution is 7.80. The van der Waals surface area contributed by atoms with Gasteiger partial charge >= 0.3 is 6.18 Å². The smallest absolute Gasteiger partial charge is 0.340 e. The maximum atomic E-state index is 13.5. The first-order valence-corrected chi connectivity index (χ1v) is 15.0. The van der Waals surface area contributed by atoms with E-state index in [0.717, 1.165) is 80.3 Å². The summed E-state index contributed by atoms with van der Waals surface area (Å²) in [5, 5.41) is 11.2. The van der Waals surface area contributed by atoms with Gasteiger partial charge in [-0.15, -0.1) is 11.3 Å². The molecule has 2 saturated heterocycles. The fourth-order valence-electron chi connectivity index (χ4n) is 5.30. The minimum atomic E-state index is -4.73. The summed E-state index contributed by atoms with van der Waals surface area (Å²) in [5.74, 6) is -0.208. The Morgan fingerprint density at radius 2 is 1.76 bits per heavy atom. The van der Waals surface area contributed by atoms with Crippen LogP contribution in [0.4, 0.5) is 18.9 Å². The predicted octanol–water partition coefficient (Wildman–Crippen LogP) is 5.30. The second kappa shape index (κ2) is 12.9. The van der Waals surface area contributed by atoms with E-state index in [1.54, 1.807) is 36.2 Å². The molecule has 12 heteroatoms. The molecule has 0 spiro atoms. The number of carbonyl (C=O) groups excluding carboxylic acids is 2. The molecule has 4 rings (SSSR count). The number of benzene rings is 1. The molecule has 0 N–H and O–H groups in total. The summed E-state index contributed by atoms with van der Waals surface area (Å²) in [5.41, 5.74) is -2.57. The quantitative estimate of drug-likeness (QED) is 0.271. The topological polar surface area (TPSA) is 70.9 Å². The van der Waals surface area contributed by atoms with Crippen molar-refractivity contribution in [1.82, 2.24) is 14.7 Å². The molecule has 2 fully saturated rings. The van der Waals surface area contributed by atoms with E-state index < -0.39 is 28.7 Å². The molecule has 0 aliphatic carbocycles. The summed E-state index contributed by atoms with van der Waals surface area (Å²) in [4.78, 5) is 34.1. The largest absolute Gasteiger partial charge is 0.417 e. The third-order valence-corrected chi connectivity index (χ3v) is 9.03. The van der Waals surface area contributed by atoms with Crippen molar-refractivity contribution in [3.05, 3.63) is 51.7 Å². The Bertz CT molecular complexity index is 1300. The van der Waals surface area contributed by atoms with Crippen molar-refractivity contribution >= 4 is 46.2 Å². The summed E-state index contributed by atoms with van der Waals surface area (Å²) in [7, 11) is 0. The average Bonchev–Trinajstić information content (AvgIpc) is 3.50. The van der Waals surface area contributed by atoms with Gasteiger partial charge in [0, 0.05) is 37.6 Å². The fourth-order valence-corrected chi connectivity index (χ4v) is 6.50. The molecular weight excluding hydrogens is 571 g/mol. The molecule has 7 nitrogen and oxygen atoms in total. The SMILES string of the molecule is CC1(C)C(=O)N(c2ccc(C#N)c(C(F)(F)F)c2)C(=S)N1CCCCCCN1CCN(C(=O)Cc2cccs2)CC1. The van der Waals surface area contributed by atoms with Gasteiger partial charge in [0.15, 0.2) is 5.11 Å². The molecule has 0 atom stereocenters. The Balaban J connectivity index is 1.22. The zero-order chi connectivity index (χ0) is 29.8. The Labute approximate surface area is 248 Å². The predicted molar refractivity (Wildman–Crippen MR) is 157 cm³/mol. The molecule has 1 aromatic heterocycles. The van der Waals surface area contributed by atoms with Crippen LogP contribution in [0.1, 0.15) is 55.5 Å². The summed E-state index contributed by atoms with van der Waals surface area (Å²) >= 11 is 7.17. The molecule has 0 unspecified atom stereocenters. The molecule has 41 heavy (non-hydrogen) atoms.